The first-order chi connectivity index (χ1) is 11.5. The lowest BCUT2D eigenvalue weighted by atomic mass is 10.0. The van der Waals surface area contributed by atoms with Gasteiger partial charge in [0.2, 0.25) is 5.91 Å². The van der Waals surface area contributed by atoms with E-state index in [1.165, 1.54) is 0 Å². The van der Waals surface area contributed by atoms with Gasteiger partial charge in [0.15, 0.2) is 0 Å². The van der Waals surface area contributed by atoms with E-state index in [0.717, 1.165) is 48.9 Å². The van der Waals surface area contributed by atoms with Crippen LogP contribution in [0.4, 0.5) is 0 Å². The van der Waals surface area contributed by atoms with Crippen LogP contribution in [-0.2, 0) is 16.0 Å². The Morgan fingerprint density at radius 3 is 2.54 bits per heavy atom. The highest BCUT2D eigenvalue weighted by molar-refractivity contribution is 9.10. The summed E-state index contributed by atoms with van der Waals surface area (Å²) in [5.74, 6) is -0.603. The van der Waals surface area contributed by atoms with Gasteiger partial charge in [0.25, 0.3) is 0 Å². The topological polar surface area (TPSA) is 60.9 Å². The Bertz CT molecular complexity index is 571. The number of benzene rings is 1. The summed E-state index contributed by atoms with van der Waals surface area (Å²) in [4.78, 5) is 27.2. The van der Waals surface area contributed by atoms with Crippen LogP contribution < -0.4 is 0 Å². The van der Waals surface area contributed by atoms with Gasteiger partial charge in [0, 0.05) is 30.0 Å². The van der Waals surface area contributed by atoms with E-state index in [0.29, 0.717) is 6.42 Å². The average Bonchev–Trinajstić information content (AvgIpc) is 2.58. The first-order valence-corrected chi connectivity index (χ1v) is 9.27. The number of amides is 1. The van der Waals surface area contributed by atoms with Crippen LogP contribution in [0.1, 0.15) is 31.7 Å². The zero-order valence-electron chi connectivity index (χ0n) is 14.1. The van der Waals surface area contributed by atoms with E-state index >= 15 is 0 Å². The number of rotatable bonds is 7. The predicted octanol–water partition coefficient (Wildman–Crippen LogP) is 2.78. The number of piperidine rings is 1. The van der Waals surface area contributed by atoms with Crippen molar-refractivity contribution in [1.82, 2.24) is 9.80 Å². The molecule has 1 aliphatic heterocycles. The summed E-state index contributed by atoms with van der Waals surface area (Å²) in [5, 5.41) is 8.98. The van der Waals surface area contributed by atoms with Gasteiger partial charge in [0.05, 0.1) is 6.54 Å². The van der Waals surface area contributed by atoms with Crippen LogP contribution in [0.3, 0.4) is 0 Å². The molecule has 1 aromatic carbocycles. The lowest BCUT2D eigenvalue weighted by Crippen LogP contribution is -2.48. The second kappa shape index (κ2) is 9.18. The summed E-state index contributed by atoms with van der Waals surface area (Å²) in [6, 6.07) is 8.24. The van der Waals surface area contributed by atoms with Gasteiger partial charge in [-0.25, -0.2) is 0 Å². The van der Waals surface area contributed by atoms with Crippen LogP contribution >= 0.6 is 15.9 Å². The summed E-state index contributed by atoms with van der Waals surface area (Å²) in [6.07, 6.45) is 2.95. The van der Waals surface area contributed by atoms with Crippen LogP contribution in [0, 0.1) is 0 Å². The van der Waals surface area contributed by atoms with Crippen molar-refractivity contribution in [3.63, 3.8) is 0 Å². The SMILES string of the molecule is CCN(CC(=O)O)C1CCN(C(=O)CCc2ccccc2Br)CC1. The lowest BCUT2D eigenvalue weighted by Gasteiger charge is -2.37. The van der Waals surface area contributed by atoms with Crippen molar-refractivity contribution in [2.45, 2.75) is 38.6 Å². The van der Waals surface area contributed by atoms with E-state index < -0.39 is 5.97 Å². The Morgan fingerprint density at radius 2 is 1.96 bits per heavy atom. The minimum Gasteiger partial charge on any atom is -0.480 e. The van der Waals surface area contributed by atoms with Crippen LogP contribution in [0.25, 0.3) is 0 Å². The number of likely N-dealkylation sites (tertiary alicyclic amines) is 1. The van der Waals surface area contributed by atoms with Crippen molar-refractivity contribution in [2.75, 3.05) is 26.2 Å². The summed E-state index contributed by atoms with van der Waals surface area (Å²) in [7, 11) is 0. The summed E-state index contributed by atoms with van der Waals surface area (Å²) in [5.41, 5.74) is 1.15. The fourth-order valence-corrected chi connectivity index (χ4v) is 3.74. The van der Waals surface area contributed by atoms with Gasteiger partial charge in [-0.1, -0.05) is 41.1 Å². The molecule has 0 saturated carbocycles. The van der Waals surface area contributed by atoms with Crippen LogP contribution in [0.2, 0.25) is 0 Å². The first kappa shape index (κ1) is 18.9. The van der Waals surface area contributed by atoms with Crippen molar-refractivity contribution in [1.29, 1.82) is 0 Å². The van der Waals surface area contributed by atoms with Crippen molar-refractivity contribution < 1.29 is 14.7 Å². The van der Waals surface area contributed by atoms with E-state index in [9.17, 15) is 9.59 Å². The van der Waals surface area contributed by atoms with E-state index in [2.05, 4.69) is 15.9 Å². The molecule has 0 atom stereocenters. The molecule has 1 amide bonds. The van der Waals surface area contributed by atoms with Crippen molar-refractivity contribution >= 4 is 27.8 Å². The molecule has 1 saturated heterocycles. The molecule has 2 rings (SSSR count). The first-order valence-electron chi connectivity index (χ1n) is 8.48. The second-order valence-electron chi connectivity index (χ2n) is 6.16. The Labute approximate surface area is 151 Å². The molecule has 0 radical (unpaired) electrons. The fraction of sp³-hybridized carbons (Fsp3) is 0.556. The fourth-order valence-electron chi connectivity index (χ4n) is 3.25. The number of carbonyl (C=O) groups excluding carboxylic acids is 1. The van der Waals surface area contributed by atoms with E-state index in [1.54, 1.807) is 0 Å². The van der Waals surface area contributed by atoms with E-state index in [-0.39, 0.29) is 18.5 Å². The van der Waals surface area contributed by atoms with Gasteiger partial charge in [-0.2, -0.15) is 0 Å². The van der Waals surface area contributed by atoms with Gasteiger partial charge in [-0.05, 0) is 37.4 Å². The molecule has 0 aliphatic carbocycles. The van der Waals surface area contributed by atoms with Gasteiger partial charge in [0.1, 0.15) is 0 Å². The Balaban J connectivity index is 1.80. The molecule has 1 heterocycles. The average molecular weight is 397 g/mol. The number of carbonyl (C=O) groups is 2. The highest BCUT2D eigenvalue weighted by Crippen LogP contribution is 2.20. The second-order valence-corrected chi connectivity index (χ2v) is 7.01. The minimum atomic E-state index is -0.788. The number of aryl methyl sites for hydroxylation is 1. The molecule has 6 heteroatoms. The zero-order chi connectivity index (χ0) is 17.5. The number of aliphatic carboxylic acids is 1. The van der Waals surface area contributed by atoms with Gasteiger partial charge in [-0.3, -0.25) is 14.5 Å². The van der Waals surface area contributed by atoms with Gasteiger partial charge in [-0.15, -0.1) is 0 Å². The quantitative estimate of drug-likeness (QED) is 0.769. The molecule has 1 aliphatic rings. The third-order valence-corrected chi connectivity index (χ3v) is 5.42. The number of halogens is 1. The minimum absolute atomic E-state index is 0.0805. The van der Waals surface area contributed by atoms with Crippen LogP contribution in [0.15, 0.2) is 28.7 Å². The smallest absolute Gasteiger partial charge is 0.317 e. The highest BCUT2D eigenvalue weighted by Gasteiger charge is 2.27. The number of hydrogen-bond acceptors (Lipinski definition) is 3. The van der Waals surface area contributed by atoms with Crippen molar-refractivity contribution in [2.24, 2.45) is 0 Å². The summed E-state index contributed by atoms with van der Waals surface area (Å²) >= 11 is 3.52. The molecule has 5 nitrogen and oxygen atoms in total. The zero-order valence-corrected chi connectivity index (χ0v) is 15.7. The normalized spacial score (nSPS) is 15.7. The molecule has 1 aromatic rings. The lowest BCUT2D eigenvalue weighted by molar-refractivity contribution is -0.140. The number of carboxylic acids is 1. The van der Waals surface area contributed by atoms with Crippen LogP contribution in [0.5, 0.6) is 0 Å². The molecule has 24 heavy (non-hydrogen) atoms. The van der Waals surface area contributed by atoms with Crippen molar-refractivity contribution in [3.05, 3.63) is 34.3 Å². The number of nitrogens with zero attached hydrogens (tertiary/aromatic N) is 2. The molecule has 1 fully saturated rings. The summed E-state index contributed by atoms with van der Waals surface area (Å²) in [6.45, 7) is 4.23. The number of hydrogen-bond donors (Lipinski definition) is 1. The Kier molecular flexibility index (Phi) is 7.24. The standard InChI is InChI=1S/C18H25BrN2O3/c1-2-20(13-18(23)24)15-9-11-21(12-10-15)17(22)8-7-14-5-3-4-6-16(14)19/h3-6,15H,2,7-13H2,1H3,(H,23,24). The third-order valence-electron chi connectivity index (χ3n) is 4.64. The summed E-state index contributed by atoms with van der Waals surface area (Å²) < 4.78 is 1.05. The van der Waals surface area contributed by atoms with Crippen LogP contribution in [-0.4, -0.2) is 59.0 Å². The molecular formula is C18H25BrN2O3. The number of likely N-dealkylation sites (N-methyl/N-ethyl adjacent to an activating group) is 1. The predicted molar refractivity (Wildman–Crippen MR) is 96.9 cm³/mol. The monoisotopic (exact) mass is 396 g/mol. The molecule has 0 spiro atoms. The molecule has 0 bridgehead atoms. The number of carboxylic acid groups (broad SMARTS) is 1. The maximum Gasteiger partial charge on any atom is 0.317 e. The molecular weight excluding hydrogens is 372 g/mol. The molecule has 0 unspecified atom stereocenters. The van der Waals surface area contributed by atoms with Crippen molar-refractivity contribution in [3.8, 4) is 0 Å². The third kappa shape index (κ3) is 5.31. The largest absolute Gasteiger partial charge is 0.480 e. The van der Waals surface area contributed by atoms with Gasteiger partial charge >= 0.3 is 5.97 Å². The van der Waals surface area contributed by atoms with Gasteiger partial charge < -0.3 is 10.0 Å². The maximum atomic E-state index is 12.4. The Morgan fingerprint density at radius 1 is 1.29 bits per heavy atom. The molecule has 132 valence electrons. The highest BCUT2D eigenvalue weighted by atomic mass is 79.9. The molecule has 0 aromatic heterocycles. The molecule has 1 N–H and O–H groups in total. The Hall–Kier alpha value is -1.40. The maximum absolute atomic E-state index is 12.4. The van der Waals surface area contributed by atoms with E-state index in [1.807, 2.05) is 41.0 Å². The van der Waals surface area contributed by atoms with E-state index in [4.69, 9.17) is 5.11 Å².